The average Bonchev–Trinajstić information content (AvgIpc) is 3.55. The molecule has 1 aliphatic rings. The average molecular weight is 714 g/mol. The van der Waals surface area contributed by atoms with E-state index in [9.17, 15) is 24.0 Å². The molecule has 5 aromatic rings. The van der Waals surface area contributed by atoms with Gasteiger partial charge in [0.25, 0.3) is 11.8 Å². The monoisotopic (exact) mass is 713 g/mol. The second-order valence-electron chi connectivity index (χ2n) is 12.0. The lowest BCUT2D eigenvalue weighted by Gasteiger charge is -2.27. The smallest absolute Gasteiger partial charge is 0.303 e. The fraction of sp³-hybridized carbons (Fsp3) is 0.250. The number of halogens is 1. The number of rotatable bonds is 12. The zero-order chi connectivity index (χ0) is 36.4. The van der Waals surface area contributed by atoms with Crippen LogP contribution in [0.4, 0.5) is 0 Å². The van der Waals surface area contributed by atoms with Crippen molar-refractivity contribution in [2.24, 2.45) is 5.73 Å². The summed E-state index contributed by atoms with van der Waals surface area (Å²) in [6, 6.07) is 16.8. The number of ketones is 1. The van der Waals surface area contributed by atoms with Gasteiger partial charge in [0.1, 0.15) is 11.5 Å². The number of likely N-dealkylation sites (tertiary alicyclic amines) is 1. The van der Waals surface area contributed by atoms with Crippen LogP contribution < -0.4 is 15.2 Å². The number of nitrogens with two attached hydrogens (primary N) is 1. The van der Waals surface area contributed by atoms with Gasteiger partial charge in [-0.05, 0) is 60.2 Å². The van der Waals surface area contributed by atoms with Gasteiger partial charge in [0.2, 0.25) is 17.3 Å². The summed E-state index contributed by atoms with van der Waals surface area (Å²) in [7, 11) is 0. The van der Waals surface area contributed by atoms with Gasteiger partial charge in [-0.3, -0.25) is 24.0 Å². The summed E-state index contributed by atoms with van der Waals surface area (Å²) in [6.07, 6.45) is 2.13. The molecule has 1 aliphatic heterocycles. The van der Waals surface area contributed by atoms with E-state index in [-0.39, 0.29) is 36.8 Å². The zero-order valence-electron chi connectivity index (χ0n) is 27.8. The molecule has 2 N–H and O–H groups in total. The van der Waals surface area contributed by atoms with Crippen LogP contribution in [0.15, 0.2) is 73.1 Å². The van der Waals surface area contributed by atoms with E-state index in [4.69, 9.17) is 36.3 Å². The van der Waals surface area contributed by atoms with Gasteiger partial charge in [-0.2, -0.15) is 5.10 Å². The molecule has 3 aromatic carbocycles. The Labute approximate surface area is 296 Å². The number of ether oxygens (including phenoxy) is 4. The molecule has 15 heteroatoms. The van der Waals surface area contributed by atoms with E-state index in [0.717, 1.165) is 5.39 Å². The topological polar surface area (TPSA) is 182 Å². The number of fused-ring (bicyclic) bond motifs is 2. The molecular weight excluding hydrogens is 682 g/mol. The first-order chi connectivity index (χ1) is 24.3. The molecule has 2 atom stereocenters. The highest BCUT2D eigenvalue weighted by Gasteiger charge is 2.55. The summed E-state index contributed by atoms with van der Waals surface area (Å²) in [5.41, 5.74) is 4.92. The lowest BCUT2D eigenvalue weighted by molar-refractivity contribution is -0.179. The fourth-order valence-corrected chi connectivity index (χ4v) is 6.25. The third-order valence-electron chi connectivity index (χ3n) is 8.44. The van der Waals surface area contributed by atoms with Crippen LogP contribution in [0.25, 0.3) is 21.7 Å². The standard InChI is InChI=1S/C36H32ClN5O9/c1-20(43)49-32-18-42(35(47)36(32,3)51-21(2)44)12-11-41-17-28(26-9-8-25(16-29(26)41)50-33-5-4-10-39-40-33)30(45)19-48-31-15-22-6-7-24(37)13-23(22)14-27(31)34(38)46/h4-10,13-17,32H,11-12,18-19H2,1-3H3,(H2,38,46)/t32-,36?/m0/s1. The van der Waals surface area contributed by atoms with Crippen LogP contribution in [0, 0.1) is 0 Å². The van der Waals surface area contributed by atoms with Gasteiger partial charge >= 0.3 is 11.9 Å². The minimum Gasteiger partial charge on any atom is -0.485 e. The van der Waals surface area contributed by atoms with Crippen molar-refractivity contribution in [1.29, 1.82) is 0 Å². The van der Waals surface area contributed by atoms with E-state index in [0.29, 0.717) is 32.6 Å². The van der Waals surface area contributed by atoms with Crippen molar-refractivity contribution in [2.45, 2.75) is 39.0 Å². The highest BCUT2D eigenvalue weighted by atomic mass is 35.5. The third-order valence-corrected chi connectivity index (χ3v) is 8.67. The molecule has 14 nitrogen and oxygen atoms in total. The normalized spacial score (nSPS) is 17.1. The number of primary amides is 1. The number of amides is 2. The van der Waals surface area contributed by atoms with E-state index in [2.05, 4.69) is 10.2 Å². The van der Waals surface area contributed by atoms with E-state index >= 15 is 0 Å². The largest absolute Gasteiger partial charge is 0.485 e. The minimum atomic E-state index is -1.70. The van der Waals surface area contributed by atoms with Gasteiger partial charge in [-0.25, -0.2) is 0 Å². The summed E-state index contributed by atoms with van der Waals surface area (Å²) in [5, 5.41) is 10.3. The molecule has 51 heavy (non-hydrogen) atoms. The number of hydrogen-bond acceptors (Lipinski definition) is 11. The Morgan fingerprint density at radius 1 is 0.980 bits per heavy atom. The van der Waals surface area contributed by atoms with Crippen molar-refractivity contribution in [3.63, 3.8) is 0 Å². The number of hydrogen-bond donors (Lipinski definition) is 1. The Morgan fingerprint density at radius 2 is 1.78 bits per heavy atom. The van der Waals surface area contributed by atoms with Gasteiger partial charge < -0.3 is 34.1 Å². The molecule has 0 spiro atoms. The van der Waals surface area contributed by atoms with Crippen LogP contribution in [0.2, 0.25) is 5.02 Å². The van der Waals surface area contributed by atoms with Crippen LogP contribution >= 0.6 is 11.6 Å². The van der Waals surface area contributed by atoms with E-state index in [1.165, 1.54) is 31.9 Å². The quantitative estimate of drug-likeness (QED) is 0.142. The van der Waals surface area contributed by atoms with E-state index in [1.807, 2.05) is 0 Å². The SMILES string of the molecule is CC(=O)O[C@H]1CN(CCn2cc(C(=O)COc3cc4ccc(Cl)cc4cc3C(N)=O)c3ccc(Oc4cccnn4)cc32)C(=O)C1(C)OC(C)=O. The number of carbonyl (C=O) groups is 5. The van der Waals surface area contributed by atoms with Gasteiger partial charge in [-0.15, -0.1) is 5.10 Å². The van der Waals surface area contributed by atoms with Crippen LogP contribution in [-0.4, -0.2) is 80.6 Å². The summed E-state index contributed by atoms with van der Waals surface area (Å²) in [6.45, 7) is 3.66. The summed E-state index contributed by atoms with van der Waals surface area (Å²) in [4.78, 5) is 64.7. The number of esters is 2. The molecule has 2 aromatic heterocycles. The maximum Gasteiger partial charge on any atom is 0.303 e. The first-order valence-electron chi connectivity index (χ1n) is 15.8. The third kappa shape index (κ3) is 7.31. The molecule has 0 bridgehead atoms. The Bertz CT molecular complexity index is 2210. The zero-order valence-corrected chi connectivity index (χ0v) is 28.5. The van der Waals surface area contributed by atoms with E-state index < -0.39 is 47.8 Å². The maximum absolute atomic E-state index is 13.8. The highest BCUT2D eigenvalue weighted by Crippen LogP contribution is 2.33. The number of carbonyl (C=O) groups excluding carboxylic acids is 5. The number of benzene rings is 3. The summed E-state index contributed by atoms with van der Waals surface area (Å²) >= 11 is 6.12. The first-order valence-corrected chi connectivity index (χ1v) is 16.1. The first kappa shape index (κ1) is 34.8. The lowest BCUT2D eigenvalue weighted by Crippen LogP contribution is -2.48. The van der Waals surface area contributed by atoms with Gasteiger partial charge in [-0.1, -0.05) is 17.7 Å². The second-order valence-corrected chi connectivity index (χ2v) is 12.5. The Balaban J connectivity index is 1.29. The predicted octanol–water partition coefficient (Wildman–Crippen LogP) is 4.49. The molecule has 6 rings (SSSR count). The molecule has 0 radical (unpaired) electrons. The van der Waals surface area contributed by atoms with Crippen molar-refractivity contribution >= 4 is 62.8 Å². The van der Waals surface area contributed by atoms with Crippen LogP contribution in [0.1, 0.15) is 41.5 Å². The van der Waals surface area contributed by atoms with E-state index in [1.54, 1.807) is 71.4 Å². The minimum absolute atomic E-state index is 0.0117. The van der Waals surface area contributed by atoms with Gasteiger partial charge in [0.15, 0.2) is 12.7 Å². The number of aromatic nitrogens is 3. The van der Waals surface area contributed by atoms with Crippen LogP contribution in [0.3, 0.4) is 0 Å². The number of nitrogens with zero attached hydrogens (tertiary/aromatic N) is 4. The summed E-state index contributed by atoms with van der Waals surface area (Å²) in [5.74, 6) is -2.17. The van der Waals surface area contributed by atoms with Crippen molar-refractivity contribution in [1.82, 2.24) is 19.7 Å². The number of Topliss-reactive ketones (excluding diaryl/α,β-unsaturated/α-hetero) is 1. The molecule has 3 heterocycles. The Hall–Kier alpha value is -6.02. The molecule has 262 valence electrons. The molecule has 1 unspecified atom stereocenters. The second kappa shape index (κ2) is 14.1. The van der Waals surface area contributed by atoms with Crippen LogP contribution in [0.5, 0.6) is 17.4 Å². The lowest BCUT2D eigenvalue weighted by atomic mass is 10.0. The molecule has 1 saturated heterocycles. The molecule has 2 amide bonds. The fourth-order valence-electron chi connectivity index (χ4n) is 6.07. The Morgan fingerprint density at radius 3 is 2.49 bits per heavy atom. The molecular formula is C36H32ClN5O9. The predicted molar refractivity (Wildman–Crippen MR) is 184 cm³/mol. The summed E-state index contributed by atoms with van der Waals surface area (Å²) < 4.78 is 24.3. The van der Waals surface area contributed by atoms with Crippen molar-refractivity contribution in [3.8, 4) is 17.4 Å². The molecule has 1 fully saturated rings. The van der Waals surface area contributed by atoms with Gasteiger partial charge in [0, 0.05) is 67.4 Å². The van der Waals surface area contributed by atoms with Crippen LogP contribution in [-0.2, 0) is 30.4 Å². The molecule has 0 aliphatic carbocycles. The van der Waals surface area contributed by atoms with Crippen molar-refractivity contribution < 1.29 is 42.9 Å². The Kier molecular flexibility index (Phi) is 9.61. The molecule has 0 saturated carbocycles. The highest BCUT2D eigenvalue weighted by molar-refractivity contribution is 6.31. The van der Waals surface area contributed by atoms with Crippen molar-refractivity contribution in [3.05, 3.63) is 89.2 Å². The van der Waals surface area contributed by atoms with Crippen molar-refractivity contribution in [2.75, 3.05) is 19.7 Å². The maximum atomic E-state index is 13.8. The van der Waals surface area contributed by atoms with Gasteiger partial charge in [0.05, 0.1) is 17.6 Å².